The van der Waals surface area contributed by atoms with Crippen LogP contribution in [-0.2, 0) is 32.0 Å². The fourth-order valence-corrected chi connectivity index (χ4v) is 4.76. The molecule has 4 rings (SSSR count). The Morgan fingerprint density at radius 1 is 1.13 bits per heavy atom. The molecule has 8 heteroatoms. The zero-order valence-corrected chi connectivity index (χ0v) is 23.5. The molecule has 200 valence electrons. The third-order valence-electron chi connectivity index (χ3n) is 6.04. The van der Waals surface area contributed by atoms with Crippen LogP contribution in [0.4, 0.5) is 4.79 Å². The van der Waals surface area contributed by atoms with Gasteiger partial charge in [0.15, 0.2) is 0 Å². The monoisotopic (exact) mass is 581 g/mol. The van der Waals surface area contributed by atoms with Gasteiger partial charge in [0, 0.05) is 22.5 Å². The molecule has 1 aliphatic carbocycles. The molecule has 2 unspecified atom stereocenters. The highest BCUT2D eigenvalue weighted by Crippen LogP contribution is 2.38. The molecule has 0 fully saturated rings. The van der Waals surface area contributed by atoms with Gasteiger partial charge in [0.2, 0.25) is 0 Å². The van der Waals surface area contributed by atoms with Gasteiger partial charge in [0.05, 0.1) is 19.8 Å². The van der Waals surface area contributed by atoms with Gasteiger partial charge >= 0.3 is 12.1 Å². The van der Waals surface area contributed by atoms with Crippen molar-refractivity contribution in [3.8, 4) is 5.75 Å². The molecule has 0 saturated carbocycles. The second-order valence-corrected chi connectivity index (χ2v) is 11.1. The van der Waals surface area contributed by atoms with E-state index in [4.69, 9.17) is 18.9 Å². The normalized spacial score (nSPS) is 18.0. The molecule has 1 aliphatic heterocycles. The maximum atomic E-state index is 12.1. The van der Waals surface area contributed by atoms with Gasteiger partial charge in [-0.25, -0.2) is 4.79 Å². The number of esters is 1. The Kier molecular flexibility index (Phi) is 8.62. The Morgan fingerprint density at radius 2 is 1.95 bits per heavy atom. The summed E-state index contributed by atoms with van der Waals surface area (Å²) in [5.41, 5.74) is 4.30. The molecule has 0 bridgehead atoms. The number of hydrogen-bond donors (Lipinski definition) is 1. The summed E-state index contributed by atoms with van der Waals surface area (Å²) in [5, 5.41) is 2.82. The van der Waals surface area contributed by atoms with Gasteiger partial charge in [-0.2, -0.15) is 0 Å². The van der Waals surface area contributed by atoms with Gasteiger partial charge < -0.3 is 24.3 Å². The summed E-state index contributed by atoms with van der Waals surface area (Å²) in [6.07, 6.45) is 7.47. The Hall–Kier alpha value is -3.52. The Morgan fingerprint density at radius 3 is 2.71 bits per heavy atom. The van der Waals surface area contributed by atoms with Gasteiger partial charge in [0.25, 0.3) is 0 Å². The van der Waals surface area contributed by atoms with Crippen molar-refractivity contribution in [3.05, 3.63) is 99.3 Å². The van der Waals surface area contributed by atoms with E-state index < -0.39 is 11.7 Å². The molecule has 38 heavy (non-hydrogen) atoms. The van der Waals surface area contributed by atoms with Crippen LogP contribution in [0.15, 0.2) is 82.6 Å². The lowest BCUT2D eigenvalue weighted by molar-refractivity contribution is -0.139. The molecule has 2 aromatic carbocycles. The zero-order valence-electron chi connectivity index (χ0n) is 22.0. The van der Waals surface area contributed by atoms with E-state index in [0.29, 0.717) is 18.9 Å². The number of carbonyl (C=O) groups excluding carboxylic acids is 2. The molecule has 0 saturated heterocycles. The van der Waals surface area contributed by atoms with Crippen molar-refractivity contribution in [2.75, 3.05) is 13.7 Å². The number of hydrogen-bond acceptors (Lipinski definition) is 6. The van der Waals surface area contributed by atoms with E-state index in [2.05, 4.69) is 45.5 Å². The molecule has 2 aromatic rings. The number of methoxy groups -OCH3 is 1. The molecule has 0 aromatic heterocycles. The minimum Gasteiger partial charge on any atom is -0.492 e. The van der Waals surface area contributed by atoms with Gasteiger partial charge in [-0.05, 0) is 73.4 Å². The summed E-state index contributed by atoms with van der Waals surface area (Å²) in [6, 6.07) is 13.7. The van der Waals surface area contributed by atoms with Crippen LogP contribution in [0.5, 0.6) is 5.75 Å². The number of alkyl carbamates (subject to hydrolysis) is 1. The highest BCUT2D eigenvalue weighted by atomic mass is 79.9. The van der Waals surface area contributed by atoms with Crippen molar-refractivity contribution in [2.45, 2.75) is 51.4 Å². The van der Waals surface area contributed by atoms with E-state index in [-0.39, 0.29) is 24.4 Å². The SMILES string of the molecule is COC(=O)Cc1cc(Br)ccc1OCC1=CC(c2cccc(CNC(=O)OC(C)(C)C)c2)C2OC=CC2=C1. The number of halogens is 1. The molecule has 0 radical (unpaired) electrons. The summed E-state index contributed by atoms with van der Waals surface area (Å²) in [6.45, 7) is 6.19. The van der Waals surface area contributed by atoms with Gasteiger partial charge in [-0.3, -0.25) is 4.79 Å². The molecule has 1 N–H and O–H groups in total. The lowest BCUT2D eigenvalue weighted by Crippen LogP contribution is -2.32. The number of fused-ring (bicyclic) bond motifs is 1. The van der Waals surface area contributed by atoms with Crippen molar-refractivity contribution in [1.29, 1.82) is 0 Å². The third-order valence-corrected chi connectivity index (χ3v) is 6.53. The number of amides is 1. The summed E-state index contributed by atoms with van der Waals surface area (Å²) in [4.78, 5) is 24.0. The largest absolute Gasteiger partial charge is 0.492 e. The van der Waals surface area contributed by atoms with Crippen molar-refractivity contribution in [2.24, 2.45) is 0 Å². The Bertz CT molecular complexity index is 1290. The van der Waals surface area contributed by atoms with Crippen LogP contribution in [0.25, 0.3) is 0 Å². The topological polar surface area (TPSA) is 83.1 Å². The lowest BCUT2D eigenvalue weighted by atomic mass is 9.83. The summed E-state index contributed by atoms with van der Waals surface area (Å²) < 4.78 is 23.1. The average molecular weight is 582 g/mol. The first-order chi connectivity index (χ1) is 18.1. The Labute approximate surface area is 231 Å². The number of nitrogens with one attached hydrogen (secondary N) is 1. The second-order valence-electron chi connectivity index (χ2n) is 10.2. The number of ether oxygens (including phenoxy) is 4. The highest BCUT2D eigenvalue weighted by molar-refractivity contribution is 9.10. The fourth-order valence-electron chi connectivity index (χ4n) is 4.35. The number of rotatable bonds is 8. The van der Waals surface area contributed by atoms with Gasteiger partial charge in [-0.1, -0.05) is 46.3 Å². The third kappa shape index (κ3) is 7.28. The molecule has 0 spiro atoms. The van der Waals surface area contributed by atoms with E-state index in [0.717, 1.165) is 32.3 Å². The summed E-state index contributed by atoms with van der Waals surface area (Å²) in [7, 11) is 1.37. The smallest absolute Gasteiger partial charge is 0.407 e. The predicted octanol–water partition coefficient (Wildman–Crippen LogP) is 6.13. The minimum absolute atomic E-state index is 0.0375. The molecule has 2 aliphatic rings. The van der Waals surface area contributed by atoms with Crippen molar-refractivity contribution < 1.29 is 28.5 Å². The molecule has 2 atom stereocenters. The van der Waals surface area contributed by atoms with Crippen LogP contribution in [0.2, 0.25) is 0 Å². The highest BCUT2D eigenvalue weighted by Gasteiger charge is 2.31. The van der Waals surface area contributed by atoms with Crippen molar-refractivity contribution in [1.82, 2.24) is 5.32 Å². The summed E-state index contributed by atoms with van der Waals surface area (Å²) in [5.74, 6) is 0.263. The van der Waals surface area contributed by atoms with Crippen LogP contribution in [0, 0.1) is 0 Å². The molecule has 1 heterocycles. The van der Waals surface area contributed by atoms with Crippen LogP contribution >= 0.6 is 15.9 Å². The summed E-state index contributed by atoms with van der Waals surface area (Å²) >= 11 is 3.46. The van der Waals surface area contributed by atoms with E-state index in [9.17, 15) is 9.59 Å². The Balaban J connectivity index is 1.50. The average Bonchev–Trinajstić information content (AvgIpc) is 3.34. The van der Waals surface area contributed by atoms with Crippen LogP contribution < -0.4 is 10.1 Å². The van der Waals surface area contributed by atoms with Gasteiger partial charge in [0.1, 0.15) is 24.1 Å². The van der Waals surface area contributed by atoms with Crippen molar-refractivity contribution >= 4 is 28.0 Å². The first-order valence-corrected chi connectivity index (χ1v) is 13.2. The standard InChI is InChI=1S/C30H32BrNO6/c1-30(2,3)38-29(34)32-17-19-6-5-7-21(12-19)25-14-20(13-22-10-11-36-28(22)25)18-37-26-9-8-24(31)15-23(26)16-27(33)35-4/h5-15,25,28H,16-18H2,1-4H3,(H,32,34). The zero-order chi connectivity index (χ0) is 27.3. The van der Waals surface area contributed by atoms with Crippen LogP contribution in [0.1, 0.15) is 43.4 Å². The number of carbonyl (C=O) groups is 2. The molecular formula is C30H32BrNO6. The number of benzene rings is 2. The predicted molar refractivity (Wildman–Crippen MR) is 148 cm³/mol. The van der Waals surface area contributed by atoms with Crippen molar-refractivity contribution in [3.63, 3.8) is 0 Å². The van der Waals surface area contributed by atoms with E-state index in [1.54, 1.807) is 6.26 Å². The van der Waals surface area contributed by atoms with E-state index in [1.165, 1.54) is 7.11 Å². The first kappa shape index (κ1) is 27.5. The molecule has 7 nitrogen and oxygen atoms in total. The van der Waals surface area contributed by atoms with Gasteiger partial charge in [-0.15, -0.1) is 0 Å². The first-order valence-electron chi connectivity index (χ1n) is 12.4. The quantitative estimate of drug-likeness (QED) is 0.377. The fraction of sp³-hybridized carbons (Fsp3) is 0.333. The van der Waals surface area contributed by atoms with Crippen LogP contribution in [0.3, 0.4) is 0 Å². The van der Waals surface area contributed by atoms with E-state index >= 15 is 0 Å². The maximum Gasteiger partial charge on any atom is 0.407 e. The van der Waals surface area contributed by atoms with E-state index in [1.807, 2.05) is 57.2 Å². The lowest BCUT2D eigenvalue weighted by Gasteiger charge is -2.27. The maximum absolute atomic E-state index is 12.1. The second kappa shape index (κ2) is 11.9. The molecular weight excluding hydrogens is 550 g/mol. The molecule has 1 amide bonds. The minimum atomic E-state index is -0.552. The van der Waals surface area contributed by atoms with Crippen LogP contribution in [-0.4, -0.2) is 37.5 Å².